The molecular weight excluding hydrogens is 319 g/mol. The van der Waals surface area contributed by atoms with E-state index in [1.807, 2.05) is 6.07 Å². The first kappa shape index (κ1) is 17.1. The number of halogens is 1. The quantitative estimate of drug-likeness (QED) is 0.817. The first-order valence-corrected chi connectivity index (χ1v) is 8.50. The molecule has 2 aromatic carbocycles. The van der Waals surface area contributed by atoms with Gasteiger partial charge in [0, 0.05) is 18.7 Å². The van der Waals surface area contributed by atoms with Crippen LogP contribution in [0.25, 0.3) is 0 Å². The van der Waals surface area contributed by atoms with Crippen molar-refractivity contribution in [2.45, 2.75) is 19.8 Å². The molecule has 1 atom stereocenters. The molecule has 1 unspecified atom stereocenters. The second-order valence-electron chi connectivity index (χ2n) is 6.46. The number of para-hydroxylation sites is 1. The van der Waals surface area contributed by atoms with Crippen LogP contribution in [-0.4, -0.2) is 29.9 Å². The minimum Gasteiger partial charge on any atom is -0.324 e. The number of imide groups is 1. The maximum Gasteiger partial charge on any atom is 0.331 e. The molecule has 1 heterocycles. The first-order chi connectivity index (χ1) is 12.1. The number of carbonyl (C=O) groups is 2. The number of nitrogens with zero attached hydrogens (tertiary/aromatic N) is 2. The van der Waals surface area contributed by atoms with E-state index in [9.17, 15) is 14.0 Å². The monoisotopic (exact) mass is 340 g/mol. The number of piperidine rings is 1. The van der Waals surface area contributed by atoms with E-state index in [4.69, 9.17) is 0 Å². The van der Waals surface area contributed by atoms with Crippen LogP contribution in [0.2, 0.25) is 0 Å². The zero-order valence-electron chi connectivity index (χ0n) is 14.2. The Morgan fingerprint density at radius 1 is 1.08 bits per heavy atom. The summed E-state index contributed by atoms with van der Waals surface area (Å²) in [4.78, 5) is 29.0. The van der Waals surface area contributed by atoms with E-state index in [0.29, 0.717) is 24.7 Å². The van der Waals surface area contributed by atoms with Gasteiger partial charge in [-0.3, -0.25) is 4.79 Å². The fourth-order valence-corrected chi connectivity index (χ4v) is 3.12. The highest BCUT2D eigenvalue weighted by atomic mass is 19.1. The van der Waals surface area contributed by atoms with Gasteiger partial charge in [0.05, 0.1) is 5.69 Å². The van der Waals surface area contributed by atoms with Crippen LogP contribution in [0, 0.1) is 11.7 Å². The predicted molar refractivity (Wildman–Crippen MR) is 95.0 cm³/mol. The number of hydrogen-bond donors (Lipinski definition) is 0. The fourth-order valence-electron chi connectivity index (χ4n) is 3.12. The van der Waals surface area contributed by atoms with Gasteiger partial charge in [0.25, 0.3) is 5.91 Å². The van der Waals surface area contributed by atoms with Crippen molar-refractivity contribution in [2.24, 2.45) is 5.92 Å². The van der Waals surface area contributed by atoms with E-state index in [1.54, 1.807) is 29.2 Å². The van der Waals surface area contributed by atoms with Crippen LogP contribution in [-0.2, 0) is 0 Å². The third kappa shape index (κ3) is 3.87. The largest absolute Gasteiger partial charge is 0.331 e. The minimum absolute atomic E-state index is 0.281. The van der Waals surface area contributed by atoms with E-state index in [-0.39, 0.29) is 11.6 Å². The van der Waals surface area contributed by atoms with Crippen molar-refractivity contribution in [1.82, 2.24) is 4.90 Å². The second-order valence-corrected chi connectivity index (χ2v) is 6.46. The maximum atomic E-state index is 13.2. The highest BCUT2D eigenvalue weighted by molar-refractivity contribution is 6.20. The Bertz CT molecular complexity index is 746. The second kappa shape index (κ2) is 7.47. The summed E-state index contributed by atoms with van der Waals surface area (Å²) in [6.07, 6.45) is 2.02. The molecule has 4 nitrogen and oxygen atoms in total. The summed E-state index contributed by atoms with van der Waals surface area (Å²) in [5, 5.41) is 0. The van der Waals surface area contributed by atoms with Crippen molar-refractivity contribution in [3.8, 4) is 0 Å². The summed E-state index contributed by atoms with van der Waals surface area (Å²) in [5.41, 5.74) is 0.795. The Kier molecular flexibility index (Phi) is 5.12. The lowest BCUT2D eigenvalue weighted by molar-refractivity contribution is 0.0980. The van der Waals surface area contributed by atoms with E-state index >= 15 is 0 Å². The molecule has 1 aliphatic rings. The van der Waals surface area contributed by atoms with Crippen molar-refractivity contribution in [1.29, 1.82) is 0 Å². The molecule has 0 aromatic heterocycles. The van der Waals surface area contributed by atoms with Gasteiger partial charge >= 0.3 is 6.03 Å². The Morgan fingerprint density at radius 2 is 1.76 bits per heavy atom. The topological polar surface area (TPSA) is 40.6 Å². The van der Waals surface area contributed by atoms with Gasteiger partial charge in [-0.15, -0.1) is 0 Å². The van der Waals surface area contributed by atoms with Gasteiger partial charge in [-0.05, 0) is 55.2 Å². The lowest BCUT2D eigenvalue weighted by Crippen LogP contribution is -2.49. The molecule has 5 heteroatoms. The van der Waals surface area contributed by atoms with Crippen LogP contribution >= 0.6 is 0 Å². The van der Waals surface area contributed by atoms with Crippen molar-refractivity contribution in [3.05, 3.63) is 66.0 Å². The van der Waals surface area contributed by atoms with Gasteiger partial charge in [0.15, 0.2) is 0 Å². The van der Waals surface area contributed by atoms with Crippen LogP contribution in [0.4, 0.5) is 14.9 Å². The summed E-state index contributed by atoms with van der Waals surface area (Å²) in [6, 6.07) is 13.8. The SMILES string of the molecule is CC1CCCN(C(=O)N(C(=O)c2ccc(F)cc2)c2ccccc2)C1. The van der Waals surface area contributed by atoms with Crippen LogP contribution in [0.1, 0.15) is 30.1 Å². The standard InChI is InChI=1S/C20H21FN2O2/c1-15-6-5-13-22(14-15)20(25)23(18-7-3-2-4-8-18)19(24)16-9-11-17(21)12-10-16/h2-4,7-12,15H,5-6,13-14H2,1H3. The number of rotatable bonds is 2. The van der Waals surface area contributed by atoms with Gasteiger partial charge in [-0.2, -0.15) is 0 Å². The van der Waals surface area contributed by atoms with Crippen LogP contribution < -0.4 is 4.90 Å². The Hall–Kier alpha value is -2.69. The maximum absolute atomic E-state index is 13.2. The Morgan fingerprint density at radius 3 is 2.40 bits per heavy atom. The van der Waals surface area contributed by atoms with Gasteiger partial charge in [-0.25, -0.2) is 14.1 Å². The molecule has 25 heavy (non-hydrogen) atoms. The molecule has 0 aliphatic carbocycles. The summed E-state index contributed by atoms with van der Waals surface area (Å²) < 4.78 is 13.2. The summed E-state index contributed by atoms with van der Waals surface area (Å²) >= 11 is 0. The third-order valence-corrected chi connectivity index (χ3v) is 4.43. The molecule has 130 valence electrons. The molecule has 3 amide bonds. The third-order valence-electron chi connectivity index (χ3n) is 4.43. The van der Waals surface area contributed by atoms with E-state index < -0.39 is 11.7 Å². The Balaban J connectivity index is 1.93. The van der Waals surface area contributed by atoms with E-state index in [2.05, 4.69) is 6.92 Å². The van der Waals surface area contributed by atoms with Crippen LogP contribution in [0.15, 0.2) is 54.6 Å². The van der Waals surface area contributed by atoms with E-state index in [0.717, 1.165) is 12.8 Å². The number of hydrogen-bond acceptors (Lipinski definition) is 2. The molecule has 0 radical (unpaired) electrons. The number of anilines is 1. The zero-order chi connectivity index (χ0) is 17.8. The number of likely N-dealkylation sites (tertiary alicyclic amines) is 1. The van der Waals surface area contributed by atoms with Gasteiger partial charge in [0.1, 0.15) is 5.82 Å². The van der Waals surface area contributed by atoms with E-state index in [1.165, 1.54) is 29.2 Å². The summed E-state index contributed by atoms with van der Waals surface area (Å²) in [7, 11) is 0. The molecule has 1 saturated heterocycles. The average molecular weight is 340 g/mol. The van der Waals surface area contributed by atoms with Crippen molar-refractivity contribution in [2.75, 3.05) is 18.0 Å². The zero-order valence-corrected chi connectivity index (χ0v) is 14.2. The summed E-state index contributed by atoms with van der Waals surface area (Å²) in [5.74, 6) is -0.454. The highest BCUT2D eigenvalue weighted by Gasteiger charge is 2.31. The normalized spacial score (nSPS) is 17.2. The number of carbonyl (C=O) groups excluding carboxylic acids is 2. The molecule has 0 N–H and O–H groups in total. The molecule has 1 aliphatic heterocycles. The van der Waals surface area contributed by atoms with Crippen LogP contribution in [0.5, 0.6) is 0 Å². The fraction of sp³-hybridized carbons (Fsp3) is 0.300. The molecule has 1 fully saturated rings. The minimum atomic E-state index is -0.450. The molecule has 2 aromatic rings. The average Bonchev–Trinajstić information content (AvgIpc) is 2.63. The lowest BCUT2D eigenvalue weighted by Gasteiger charge is -2.34. The molecule has 0 saturated carbocycles. The highest BCUT2D eigenvalue weighted by Crippen LogP contribution is 2.23. The molecule has 3 rings (SSSR count). The number of benzene rings is 2. The number of urea groups is 1. The summed E-state index contributed by atoms with van der Waals surface area (Å²) in [6.45, 7) is 3.39. The van der Waals surface area contributed by atoms with Crippen LogP contribution in [0.3, 0.4) is 0 Å². The molecular formula is C20H21FN2O2. The Labute approximate surface area is 146 Å². The number of amides is 3. The van der Waals surface area contributed by atoms with Gasteiger partial charge in [0.2, 0.25) is 0 Å². The van der Waals surface area contributed by atoms with Gasteiger partial charge < -0.3 is 4.90 Å². The molecule has 0 spiro atoms. The first-order valence-electron chi connectivity index (χ1n) is 8.50. The smallest absolute Gasteiger partial charge is 0.324 e. The molecule has 0 bridgehead atoms. The van der Waals surface area contributed by atoms with Crippen molar-refractivity contribution in [3.63, 3.8) is 0 Å². The van der Waals surface area contributed by atoms with Gasteiger partial charge in [-0.1, -0.05) is 25.1 Å². The predicted octanol–water partition coefficient (Wildman–Crippen LogP) is 4.32. The van der Waals surface area contributed by atoms with Crippen molar-refractivity contribution < 1.29 is 14.0 Å². The lowest BCUT2D eigenvalue weighted by atomic mass is 10.0. The van der Waals surface area contributed by atoms with Crippen molar-refractivity contribution >= 4 is 17.6 Å².